The summed E-state index contributed by atoms with van der Waals surface area (Å²) in [6.07, 6.45) is -9.19. The summed E-state index contributed by atoms with van der Waals surface area (Å²) in [4.78, 5) is 52.0. The third-order valence-electron chi connectivity index (χ3n) is 11.8. The number of amides is 2. The number of aromatic nitrogens is 5. The number of hydrogen-bond donors (Lipinski definition) is 3. The number of benzene rings is 3. The van der Waals surface area contributed by atoms with Crippen LogP contribution in [0.4, 0.5) is 49.7 Å². The van der Waals surface area contributed by atoms with Gasteiger partial charge in [-0.2, -0.15) is 45.3 Å². The van der Waals surface area contributed by atoms with Gasteiger partial charge < -0.3 is 15.1 Å². The first kappa shape index (κ1) is 56.9. The van der Waals surface area contributed by atoms with Crippen LogP contribution in [0.25, 0.3) is 22.0 Å². The highest BCUT2D eigenvalue weighted by Crippen LogP contribution is 2.52. The average Bonchev–Trinajstić information content (AvgIpc) is 3.94. The van der Waals surface area contributed by atoms with Gasteiger partial charge in [0.15, 0.2) is 11.5 Å². The molecule has 3 atom stereocenters. The molecule has 0 radical (unpaired) electrons. The molecule has 400 valence electrons. The van der Waals surface area contributed by atoms with E-state index >= 15 is 8.78 Å². The van der Waals surface area contributed by atoms with E-state index in [0.29, 0.717) is 22.7 Å². The van der Waals surface area contributed by atoms with E-state index in [1.807, 2.05) is 0 Å². The van der Waals surface area contributed by atoms with Crippen LogP contribution in [0, 0.1) is 23.5 Å². The van der Waals surface area contributed by atoms with E-state index in [1.54, 1.807) is 0 Å². The summed E-state index contributed by atoms with van der Waals surface area (Å²) in [6.45, 7) is 0.315. The van der Waals surface area contributed by atoms with Crippen LogP contribution in [-0.2, 0) is 62.9 Å². The molecule has 14 nitrogen and oxygen atoms in total. The van der Waals surface area contributed by atoms with Gasteiger partial charge in [-0.15, -0.1) is 0 Å². The highest BCUT2D eigenvalue weighted by Gasteiger charge is 2.53. The van der Waals surface area contributed by atoms with Crippen LogP contribution in [-0.4, -0.2) is 73.8 Å². The lowest BCUT2D eigenvalue weighted by molar-refractivity contribution is -0.143. The molecule has 0 bridgehead atoms. The van der Waals surface area contributed by atoms with E-state index in [0.717, 1.165) is 23.4 Å². The fourth-order valence-electron chi connectivity index (χ4n) is 8.41. The molecule has 0 saturated carbocycles. The number of alkyl halides is 8. The van der Waals surface area contributed by atoms with Gasteiger partial charge >= 0.3 is 20.2 Å². The number of carbonyl (C=O) groups excluding carboxylic acids is 2. The van der Waals surface area contributed by atoms with Crippen LogP contribution in [0.15, 0.2) is 66.7 Å². The van der Waals surface area contributed by atoms with Crippen LogP contribution in [0.3, 0.4) is 0 Å². The molecule has 1 aliphatic rings. The lowest BCUT2D eigenvalue weighted by Gasteiger charge is -2.23. The lowest BCUT2D eigenvalue weighted by Crippen LogP contribution is -2.35. The molecule has 28 heteroatoms. The number of nitrogens with one attached hydrogen (secondary N) is 1. The van der Waals surface area contributed by atoms with Crippen LogP contribution in [0.2, 0.25) is 5.02 Å². The molecule has 1 aliphatic carbocycles. The van der Waals surface area contributed by atoms with Crippen molar-refractivity contribution < 1.29 is 76.6 Å². The Morgan fingerprint density at radius 2 is 1.67 bits per heavy atom. The van der Waals surface area contributed by atoms with Crippen molar-refractivity contribution >= 4 is 70.7 Å². The molecule has 0 fully saturated rings. The molecule has 2 unspecified atom stereocenters. The van der Waals surface area contributed by atoms with Gasteiger partial charge in [0.25, 0.3) is 11.8 Å². The molecule has 0 spiro atoms. The van der Waals surface area contributed by atoms with Crippen molar-refractivity contribution in [3.05, 3.63) is 128 Å². The van der Waals surface area contributed by atoms with Crippen LogP contribution >= 0.6 is 31.4 Å². The minimum absolute atomic E-state index is 0.0459. The standard InChI is InChI=1S/C47H41ClF10N7O7PS2/c1-24-20-45(51,52)41-36(24)40(47(56,57)58)61-63(41)21-35(66)60-34(18-25-16-27(49)19-28(50)17-25)38-31(11-10-29(59-38)14-15-44(2,3)75(5)71)32-12-13-33(48)37-39(32)64(23-46(53,54)55)62-42(37)65(74-4)43(67)30-9-7-6-8-26(30)22-72-73(68,69)70/h6-13,16-17,19,24,34H,18,20-23H2,1-5H3,(H,60,66)(H2,68,69,70)/t24-,34?,75?/m0/s1. The first-order chi connectivity index (χ1) is 34.8. The van der Waals surface area contributed by atoms with Crippen LogP contribution in [0.5, 0.6) is 0 Å². The van der Waals surface area contributed by atoms with E-state index in [1.165, 1.54) is 74.9 Å². The van der Waals surface area contributed by atoms with Gasteiger partial charge in [-0.05, 0) is 91.6 Å². The fraction of sp³-hybridized carbons (Fsp3) is 0.340. The number of carbonyl (C=O) groups is 2. The van der Waals surface area contributed by atoms with Gasteiger partial charge in [-0.1, -0.05) is 48.7 Å². The SMILES string of the molecule is CSN(C(=O)c1ccccc1COP(=O)(O)O)c1nn(CC(F)(F)F)c2c(-c3ccc(C#CC(C)(C)S(C)=O)nc3C(Cc3cc(F)cc(F)c3)NC(=O)Cn3nc(C(F)(F)F)c4c3C(F)(F)C[C@@H]4C)ccc(Cl)c12. The molecule has 3 aromatic carbocycles. The van der Waals surface area contributed by atoms with E-state index in [4.69, 9.17) is 11.6 Å². The second kappa shape index (κ2) is 21.3. The van der Waals surface area contributed by atoms with Crippen molar-refractivity contribution in [1.29, 1.82) is 0 Å². The summed E-state index contributed by atoms with van der Waals surface area (Å²) in [5.41, 5.74) is -5.34. The van der Waals surface area contributed by atoms with Gasteiger partial charge in [-0.3, -0.25) is 27.7 Å². The van der Waals surface area contributed by atoms with Crippen molar-refractivity contribution in [1.82, 2.24) is 29.9 Å². The molecule has 3 aromatic heterocycles. The number of rotatable bonds is 15. The molecule has 3 heterocycles. The molecule has 0 aliphatic heterocycles. The zero-order valence-corrected chi connectivity index (χ0v) is 42.9. The maximum Gasteiger partial charge on any atom is 0.469 e. The summed E-state index contributed by atoms with van der Waals surface area (Å²) in [5.74, 6) is -4.57. The van der Waals surface area contributed by atoms with Crippen molar-refractivity contribution in [2.24, 2.45) is 0 Å². The van der Waals surface area contributed by atoms with Gasteiger partial charge in [0.05, 0.1) is 34.3 Å². The summed E-state index contributed by atoms with van der Waals surface area (Å²) >= 11 is 7.46. The monoisotopic (exact) mass is 1140 g/mol. The first-order valence-electron chi connectivity index (χ1n) is 21.9. The number of phosphoric ester groups is 1. The van der Waals surface area contributed by atoms with E-state index in [-0.39, 0.29) is 54.3 Å². The summed E-state index contributed by atoms with van der Waals surface area (Å²) in [6, 6.07) is 11.0. The number of anilines is 1. The van der Waals surface area contributed by atoms with Crippen LogP contribution in [0.1, 0.15) is 89.0 Å². The van der Waals surface area contributed by atoms with Gasteiger partial charge in [0.1, 0.15) is 40.9 Å². The number of nitrogens with zero attached hydrogens (tertiary/aromatic N) is 6. The summed E-state index contributed by atoms with van der Waals surface area (Å²) < 4.78 is 177. The van der Waals surface area contributed by atoms with Crippen molar-refractivity contribution in [3.63, 3.8) is 0 Å². The highest BCUT2D eigenvalue weighted by atomic mass is 35.5. The van der Waals surface area contributed by atoms with Crippen LogP contribution < -0.4 is 9.62 Å². The fourth-order valence-corrected chi connectivity index (χ4v) is 9.71. The predicted octanol–water partition coefficient (Wildman–Crippen LogP) is 10.5. The quantitative estimate of drug-likeness (QED) is 0.0385. The molecular weight excluding hydrogens is 1100 g/mol. The maximum atomic E-state index is 15.5. The number of phosphoric acid groups is 1. The lowest BCUT2D eigenvalue weighted by atomic mass is 9.93. The molecular formula is C47H41ClF10N7O7PS2. The number of fused-ring (bicyclic) bond motifs is 2. The zero-order chi connectivity index (χ0) is 55.3. The molecule has 0 saturated heterocycles. The van der Waals surface area contributed by atoms with Crippen molar-refractivity contribution in [2.45, 2.75) is 88.3 Å². The largest absolute Gasteiger partial charge is 0.469 e. The Labute approximate surface area is 432 Å². The Bertz CT molecular complexity index is 3350. The molecule has 75 heavy (non-hydrogen) atoms. The average molecular weight is 1140 g/mol. The Morgan fingerprint density at radius 1 is 1.01 bits per heavy atom. The van der Waals surface area contributed by atoms with E-state index in [2.05, 4.69) is 36.9 Å². The second-order valence-electron chi connectivity index (χ2n) is 17.6. The minimum Gasteiger partial charge on any atom is -0.346 e. The Balaban J connectivity index is 1.47. The Hall–Kier alpha value is -5.81. The van der Waals surface area contributed by atoms with Crippen molar-refractivity contribution in [2.75, 3.05) is 16.8 Å². The van der Waals surface area contributed by atoms with E-state index in [9.17, 15) is 63.3 Å². The topological polar surface area (TPSA) is 182 Å². The Morgan fingerprint density at radius 3 is 2.28 bits per heavy atom. The van der Waals surface area contributed by atoms with E-state index < -0.39 is 138 Å². The third kappa shape index (κ3) is 12.7. The highest BCUT2D eigenvalue weighted by molar-refractivity contribution is 8.00. The maximum absolute atomic E-state index is 15.5. The Kier molecular flexibility index (Phi) is 16.2. The number of halogens is 11. The first-order valence-corrected chi connectivity index (χ1v) is 26.5. The summed E-state index contributed by atoms with van der Waals surface area (Å²) in [7, 11) is -6.64. The molecule has 2 amide bonds. The predicted molar refractivity (Wildman–Crippen MR) is 258 cm³/mol. The third-order valence-corrected chi connectivity index (χ3v) is 14.8. The number of pyridine rings is 1. The molecule has 3 N–H and O–H groups in total. The van der Waals surface area contributed by atoms with Crippen molar-refractivity contribution in [3.8, 4) is 23.0 Å². The molecule has 7 rings (SSSR count). The summed E-state index contributed by atoms with van der Waals surface area (Å²) in [5, 5.41) is 9.56. The smallest absolute Gasteiger partial charge is 0.346 e. The number of hydrogen-bond acceptors (Lipinski definition) is 9. The minimum atomic E-state index is -5.22. The molecule has 6 aromatic rings. The van der Waals surface area contributed by atoms with Gasteiger partial charge in [0, 0.05) is 58.1 Å². The van der Waals surface area contributed by atoms with Gasteiger partial charge in [-0.25, -0.2) is 22.6 Å². The normalized spacial score (nSPS) is 15.6. The second-order valence-corrected chi connectivity index (χ2v) is 21.9. The zero-order valence-electron chi connectivity index (χ0n) is 39.6. The van der Waals surface area contributed by atoms with Gasteiger partial charge in [0.2, 0.25) is 5.91 Å².